The summed E-state index contributed by atoms with van der Waals surface area (Å²) < 4.78 is 0. The molecule has 3 nitrogen and oxygen atoms in total. The SMILES string of the molecule is CCSC1CCCC1NCC(O)CN(CC)CC. The lowest BCUT2D eigenvalue weighted by Gasteiger charge is -2.25. The van der Waals surface area contributed by atoms with E-state index in [1.165, 1.54) is 25.0 Å². The minimum Gasteiger partial charge on any atom is -0.390 e. The molecule has 1 saturated carbocycles. The van der Waals surface area contributed by atoms with E-state index in [9.17, 15) is 5.11 Å². The zero-order chi connectivity index (χ0) is 13.4. The molecule has 0 saturated heterocycles. The Labute approximate surface area is 117 Å². The molecule has 0 amide bonds. The number of thioether (sulfide) groups is 1. The number of aliphatic hydroxyl groups excluding tert-OH is 1. The molecule has 1 aliphatic rings. The fourth-order valence-electron chi connectivity index (χ4n) is 2.70. The average Bonchev–Trinajstić information content (AvgIpc) is 2.81. The lowest BCUT2D eigenvalue weighted by molar-refractivity contribution is 0.114. The van der Waals surface area contributed by atoms with Gasteiger partial charge in [0.15, 0.2) is 0 Å². The van der Waals surface area contributed by atoms with E-state index in [0.717, 1.165) is 31.4 Å². The highest BCUT2D eigenvalue weighted by Gasteiger charge is 2.27. The molecule has 3 unspecified atom stereocenters. The second-order valence-corrected chi connectivity index (χ2v) is 6.60. The van der Waals surface area contributed by atoms with Gasteiger partial charge in [-0.2, -0.15) is 11.8 Å². The number of hydrogen-bond donors (Lipinski definition) is 2. The van der Waals surface area contributed by atoms with Gasteiger partial charge in [-0.15, -0.1) is 0 Å². The summed E-state index contributed by atoms with van der Waals surface area (Å²) in [7, 11) is 0. The van der Waals surface area contributed by atoms with Crippen molar-refractivity contribution in [3.63, 3.8) is 0 Å². The molecule has 0 spiro atoms. The van der Waals surface area contributed by atoms with Gasteiger partial charge in [0.05, 0.1) is 6.10 Å². The molecule has 0 heterocycles. The Balaban J connectivity index is 2.22. The molecule has 1 fully saturated rings. The molecule has 4 heteroatoms. The predicted molar refractivity (Wildman–Crippen MR) is 81.4 cm³/mol. The van der Waals surface area contributed by atoms with E-state index in [4.69, 9.17) is 0 Å². The Morgan fingerprint density at radius 1 is 1.28 bits per heavy atom. The Hall–Kier alpha value is 0.230. The third-order valence-corrected chi connectivity index (χ3v) is 5.14. The Morgan fingerprint density at radius 3 is 2.61 bits per heavy atom. The zero-order valence-corrected chi connectivity index (χ0v) is 13.0. The smallest absolute Gasteiger partial charge is 0.0791 e. The van der Waals surface area contributed by atoms with Crippen LogP contribution >= 0.6 is 11.8 Å². The maximum Gasteiger partial charge on any atom is 0.0791 e. The quantitative estimate of drug-likeness (QED) is 0.674. The van der Waals surface area contributed by atoms with Gasteiger partial charge in [-0.25, -0.2) is 0 Å². The highest BCUT2D eigenvalue weighted by Crippen LogP contribution is 2.29. The Kier molecular flexibility index (Phi) is 8.31. The van der Waals surface area contributed by atoms with Crippen LogP contribution in [0.3, 0.4) is 0 Å². The summed E-state index contributed by atoms with van der Waals surface area (Å²) in [6, 6.07) is 0.612. The van der Waals surface area contributed by atoms with Gasteiger partial charge in [-0.05, 0) is 31.7 Å². The third-order valence-electron chi connectivity index (χ3n) is 3.81. The van der Waals surface area contributed by atoms with E-state index in [1.54, 1.807) is 0 Å². The molecule has 108 valence electrons. The molecule has 18 heavy (non-hydrogen) atoms. The number of nitrogens with zero attached hydrogens (tertiary/aromatic N) is 1. The predicted octanol–water partition coefficient (Wildman–Crippen LogP) is 1.95. The summed E-state index contributed by atoms with van der Waals surface area (Å²) in [4.78, 5) is 2.28. The highest BCUT2D eigenvalue weighted by molar-refractivity contribution is 7.99. The van der Waals surface area contributed by atoms with E-state index in [2.05, 4.69) is 42.7 Å². The van der Waals surface area contributed by atoms with Crippen molar-refractivity contribution in [3.8, 4) is 0 Å². The van der Waals surface area contributed by atoms with Crippen LogP contribution in [-0.2, 0) is 0 Å². The van der Waals surface area contributed by atoms with Crippen LogP contribution in [0.1, 0.15) is 40.0 Å². The molecule has 0 bridgehead atoms. The second kappa shape index (κ2) is 9.18. The fourth-order valence-corrected chi connectivity index (χ4v) is 3.93. The van der Waals surface area contributed by atoms with Gasteiger partial charge in [0.25, 0.3) is 0 Å². The maximum atomic E-state index is 10.0. The van der Waals surface area contributed by atoms with Gasteiger partial charge in [0.2, 0.25) is 0 Å². The number of nitrogens with one attached hydrogen (secondary N) is 1. The van der Waals surface area contributed by atoms with Gasteiger partial charge in [0.1, 0.15) is 0 Å². The van der Waals surface area contributed by atoms with Crippen molar-refractivity contribution in [2.45, 2.75) is 57.4 Å². The van der Waals surface area contributed by atoms with Crippen molar-refractivity contribution in [2.75, 3.05) is 31.9 Å². The van der Waals surface area contributed by atoms with Crippen LogP contribution in [0.4, 0.5) is 0 Å². The average molecular weight is 274 g/mol. The van der Waals surface area contributed by atoms with Gasteiger partial charge in [-0.1, -0.05) is 27.2 Å². The zero-order valence-electron chi connectivity index (χ0n) is 12.2. The second-order valence-electron chi connectivity index (χ2n) is 5.08. The molecule has 3 atom stereocenters. The van der Waals surface area contributed by atoms with E-state index >= 15 is 0 Å². The largest absolute Gasteiger partial charge is 0.390 e. The van der Waals surface area contributed by atoms with Gasteiger partial charge in [-0.3, -0.25) is 0 Å². The standard InChI is InChI=1S/C14H30N2OS/c1-4-16(5-2)11-12(17)10-15-13-8-7-9-14(13)18-6-3/h12-15,17H,4-11H2,1-3H3. The number of likely N-dealkylation sites (N-methyl/N-ethyl adjacent to an activating group) is 1. The minimum absolute atomic E-state index is 0.238. The van der Waals surface area contributed by atoms with Crippen molar-refractivity contribution in [2.24, 2.45) is 0 Å². The van der Waals surface area contributed by atoms with E-state index in [0.29, 0.717) is 6.04 Å². The molecular formula is C14H30N2OS. The van der Waals surface area contributed by atoms with Crippen molar-refractivity contribution >= 4 is 11.8 Å². The Bertz CT molecular complexity index is 212. The van der Waals surface area contributed by atoms with Gasteiger partial charge >= 0.3 is 0 Å². The number of aliphatic hydroxyl groups is 1. The normalized spacial score (nSPS) is 25.8. The molecule has 0 radical (unpaired) electrons. The van der Waals surface area contributed by atoms with E-state index < -0.39 is 0 Å². The molecule has 1 aliphatic carbocycles. The molecule has 2 N–H and O–H groups in total. The van der Waals surface area contributed by atoms with E-state index in [-0.39, 0.29) is 6.10 Å². The van der Waals surface area contributed by atoms with Crippen LogP contribution in [0.25, 0.3) is 0 Å². The third kappa shape index (κ3) is 5.47. The van der Waals surface area contributed by atoms with Crippen molar-refractivity contribution in [3.05, 3.63) is 0 Å². The first-order chi connectivity index (χ1) is 8.71. The lowest BCUT2D eigenvalue weighted by Crippen LogP contribution is -2.43. The summed E-state index contributed by atoms with van der Waals surface area (Å²) in [5, 5.41) is 14.4. The highest BCUT2D eigenvalue weighted by atomic mass is 32.2. The first-order valence-electron chi connectivity index (χ1n) is 7.46. The van der Waals surface area contributed by atoms with Crippen LogP contribution < -0.4 is 5.32 Å². The summed E-state index contributed by atoms with van der Waals surface area (Å²) >= 11 is 2.07. The van der Waals surface area contributed by atoms with Crippen molar-refractivity contribution < 1.29 is 5.11 Å². The van der Waals surface area contributed by atoms with Crippen molar-refractivity contribution in [1.82, 2.24) is 10.2 Å². The monoisotopic (exact) mass is 274 g/mol. The number of hydrogen-bond acceptors (Lipinski definition) is 4. The first-order valence-corrected chi connectivity index (χ1v) is 8.51. The first kappa shape index (κ1) is 16.3. The van der Waals surface area contributed by atoms with Gasteiger partial charge < -0.3 is 15.3 Å². The van der Waals surface area contributed by atoms with Crippen LogP contribution in [0.15, 0.2) is 0 Å². The van der Waals surface area contributed by atoms with E-state index in [1.807, 2.05) is 0 Å². The minimum atomic E-state index is -0.238. The molecule has 0 aromatic carbocycles. The lowest BCUT2D eigenvalue weighted by atomic mass is 10.2. The summed E-state index contributed by atoms with van der Waals surface area (Å²) in [5.41, 5.74) is 0. The summed E-state index contributed by atoms with van der Waals surface area (Å²) in [5.74, 6) is 1.20. The molecule has 0 aromatic rings. The number of rotatable bonds is 9. The summed E-state index contributed by atoms with van der Waals surface area (Å²) in [6.45, 7) is 10.1. The topological polar surface area (TPSA) is 35.5 Å². The fraction of sp³-hybridized carbons (Fsp3) is 1.00. The van der Waals surface area contributed by atoms with Crippen molar-refractivity contribution in [1.29, 1.82) is 0 Å². The molecular weight excluding hydrogens is 244 g/mol. The van der Waals surface area contributed by atoms with Crippen LogP contribution in [0.5, 0.6) is 0 Å². The molecule has 0 aliphatic heterocycles. The van der Waals surface area contributed by atoms with Crippen LogP contribution in [-0.4, -0.2) is 59.3 Å². The Morgan fingerprint density at radius 2 is 2.00 bits per heavy atom. The maximum absolute atomic E-state index is 10.0. The van der Waals surface area contributed by atoms with Crippen LogP contribution in [0, 0.1) is 0 Å². The summed E-state index contributed by atoms with van der Waals surface area (Å²) in [6.07, 6.45) is 3.71. The molecule has 1 rings (SSSR count). The molecule has 0 aromatic heterocycles. The van der Waals surface area contributed by atoms with Gasteiger partial charge in [0, 0.05) is 24.4 Å². The van der Waals surface area contributed by atoms with Crippen LogP contribution in [0.2, 0.25) is 0 Å².